The Morgan fingerprint density at radius 3 is 1.76 bits per heavy atom. The fourth-order valence-corrected chi connectivity index (χ4v) is 5.51. The third-order valence-corrected chi connectivity index (χ3v) is 7.13. The number of benzene rings is 4. The van der Waals surface area contributed by atoms with Crippen molar-refractivity contribution in [1.82, 2.24) is 4.98 Å². The van der Waals surface area contributed by atoms with Crippen LogP contribution in [0.3, 0.4) is 0 Å². The van der Waals surface area contributed by atoms with Crippen LogP contribution in [-0.2, 0) is 0 Å². The number of aromatic nitrogens is 1. The maximum Gasteiger partial charge on any atom is 0.0709 e. The van der Waals surface area contributed by atoms with E-state index in [4.69, 9.17) is 4.98 Å². The molecule has 0 fully saturated rings. The molecular weight excluding hydrogens is 418 g/mol. The van der Waals surface area contributed by atoms with Crippen LogP contribution >= 0.6 is 11.3 Å². The Labute approximate surface area is 197 Å². The predicted octanol–water partition coefficient (Wildman–Crippen LogP) is 8.96. The minimum absolute atomic E-state index is 0.995. The van der Waals surface area contributed by atoms with E-state index in [0.29, 0.717) is 0 Å². The number of fused-ring (bicyclic) bond motifs is 1. The van der Waals surface area contributed by atoms with Crippen LogP contribution in [0.1, 0.15) is 0 Å². The monoisotopic (exact) mass is 439 g/mol. The Bertz CT molecular complexity index is 1530. The van der Waals surface area contributed by atoms with E-state index in [-0.39, 0.29) is 0 Å². The number of nitrogens with zero attached hydrogens (tertiary/aromatic N) is 1. The standard InChI is InChI=1S/C31H21NS/c1-4-11-22(12-5-1)25-17-10-18-26(19-25)28-20-27-29(21-32-28)33-31(24-15-8-3-9-16-24)30(27)23-13-6-2-7-14-23/h1-21H. The zero-order chi connectivity index (χ0) is 22.0. The fourth-order valence-electron chi connectivity index (χ4n) is 4.33. The summed E-state index contributed by atoms with van der Waals surface area (Å²) in [7, 11) is 0. The van der Waals surface area contributed by atoms with Gasteiger partial charge in [0.1, 0.15) is 0 Å². The Hall–Kier alpha value is -4.01. The highest BCUT2D eigenvalue weighted by Gasteiger charge is 2.17. The first kappa shape index (κ1) is 19.7. The van der Waals surface area contributed by atoms with Crippen molar-refractivity contribution in [2.45, 2.75) is 0 Å². The molecule has 1 nitrogen and oxygen atoms in total. The highest BCUT2D eigenvalue weighted by Crippen LogP contribution is 2.45. The van der Waals surface area contributed by atoms with Gasteiger partial charge in [0.05, 0.1) is 10.4 Å². The molecule has 6 aromatic rings. The van der Waals surface area contributed by atoms with Crippen LogP contribution in [-0.4, -0.2) is 4.98 Å². The molecular formula is C31H21NS. The lowest BCUT2D eigenvalue weighted by atomic mass is 9.97. The highest BCUT2D eigenvalue weighted by molar-refractivity contribution is 7.23. The van der Waals surface area contributed by atoms with Gasteiger partial charge in [-0.05, 0) is 34.4 Å². The van der Waals surface area contributed by atoms with Gasteiger partial charge in [-0.2, -0.15) is 0 Å². The molecule has 0 bridgehead atoms. The summed E-state index contributed by atoms with van der Waals surface area (Å²) in [5.74, 6) is 0. The number of hydrogen-bond donors (Lipinski definition) is 0. The molecule has 2 aromatic heterocycles. The molecule has 0 aliphatic rings. The van der Waals surface area contributed by atoms with E-state index in [1.165, 1.54) is 42.8 Å². The molecule has 0 amide bonds. The van der Waals surface area contributed by atoms with E-state index in [0.717, 1.165) is 11.3 Å². The van der Waals surface area contributed by atoms with Crippen LogP contribution < -0.4 is 0 Å². The molecule has 2 heterocycles. The zero-order valence-corrected chi connectivity index (χ0v) is 18.8. The van der Waals surface area contributed by atoms with E-state index in [1.807, 2.05) is 17.5 Å². The summed E-state index contributed by atoms with van der Waals surface area (Å²) in [5, 5.41) is 1.25. The lowest BCUT2D eigenvalue weighted by Crippen LogP contribution is -1.86. The summed E-state index contributed by atoms with van der Waals surface area (Å²) in [6.07, 6.45) is 2.03. The summed E-state index contributed by atoms with van der Waals surface area (Å²) >= 11 is 1.81. The van der Waals surface area contributed by atoms with E-state index in [1.54, 1.807) is 0 Å². The molecule has 0 saturated heterocycles. The van der Waals surface area contributed by atoms with Crippen LogP contribution in [0.15, 0.2) is 128 Å². The third kappa shape index (κ3) is 3.75. The molecule has 156 valence electrons. The Morgan fingerprint density at radius 2 is 1.06 bits per heavy atom. The summed E-state index contributed by atoms with van der Waals surface area (Å²) in [5.41, 5.74) is 8.30. The minimum Gasteiger partial charge on any atom is -0.255 e. The van der Waals surface area contributed by atoms with Gasteiger partial charge >= 0.3 is 0 Å². The van der Waals surface area contributed by atoms with Gasteiger partial charge in [0.15, 0.2) is 0 Å². The van der Waals surface area contributed by atoms with Gasteiger partial charge < -0.3 is 0 Å². The molecule has 33 heavy (non-hydrogen) atoms. The molecule has 0 aliphatic carbocycles. The van der Waals surface area contributed by atoms with Gasteiger partial charge in [-0.3, -0.25) is 4.98 Å². The highest BCUT2D eigenvalue weighted by atomic mass is 32.1. The molecule has 0 saturated carbocycles. The van der Waals surface area contributed by atoms with Crippen molar-refractivity contribution < 1.29 is 0 Å². The van der Waals surface area contributed by atoms with Gasteiger partial charge in [-0.1, -0.05) is 109 Å². The van der Waals surface area contributed by atoms with Crippen LogP contribution in [0, 0.1) is 0 Å². The van der Waals surface area contributed by atoms with Crippen molar-refractivity contribution >= 4 is 21.4 Å². The lowest BCUT2D eigenvalue weighted by Gasteiger charge is -2.08. The Balaban J connectivity index is 1.54. The number of thiophene rings is 1. The molecule has 6 rings (SSSR count). The van der Waals surface area contributed by atoms with E-state index < -0.39 is 0 Å². The number of hydrogen-bond acceptors (Lipinski definition) is 2. The first-order chi connectivity index (χ1) is 16.4. The number of rotatable bonds is 4. The second-order valence-electron chi connectivity index (χ2n) is 8.05. The smallest absolute Gasteiger partial charge is 0.0709 e. The van der Waals surface area contributed by atoms with Gasteiger partial charge in [0, 0.05) is 27.6 Å². The van der Waals surface area contributed by atoms with Crippen molar-refractivity contribution in [3.8, 4) is 44.0 Å². The predicted molar refractivity (Wildman–Crippen MR) is 141 cm³/mol. The van der Waals surface area contributed by atoms with Crippen molar-refractivity contribution in [3.05, 3.63) is 128 Å². The van der Waals surface area contributed by atoms with Gasteiger partial charge in [-0.25, -0.2) is 0 Å². The third-order valence-electron chi connectivity index (χ3n) is 5.94. The average molecular weight is 440 g/mol. The summed E-state index contributed by atoms with van der Waals surface area (Å²) in [6.45, 7) is 0. The molecule has 0 unspecified atom stereocenters. The molecule has 0 radical (unpaired) electrons. The van der Waals surface area contributed by atoms with Gasteiger partial charge in [-0.15, -0.1) is 11.3 Å². The van der Waals surface area contributed by atoms with Gasteiger partial charge in [0.25, 0.3) is 0 Å². The molecule has 0 atom stereocenters. The lowest BCUT2D eigenvalue weighted by molar-refractivity contribution is 1.36. The zero-order valence-electron chi connectivity index (χ0n) is 18.0. The second kappa shape index (κ2) is 8.50. The summed E-state index contributed by atoms with van der Waals surface area (Å²) in [6, 6.07) is 42.8. The topological polar surface area (TPSA) is 12.9 Å². The van der Waals surface area contributed by atoms with Crippen LogP contribution in [0.25, 0.3) is 54.0 Å². The first-order valence-corrected chi connectivity index (χ1v) is 11.9. The van der Waals surface area contributed by atoms with Crippen molar-refractivity contribution in [3.63, 3.8) is 0 Å². The minimum atomic E-state index is 0.995. The van der Waals surface area contributed by atoms with Crippen molar-refractivity contribution in [2.75, 3.05) is 0 Å². The maximum atomic E-state index is 4.86. The molecule has 0 spiro atoms. The Morgan fingerprint density at radius 1 is 0.485 bits per heavy atom. The summed E-state index contributed by atoms with van der Waals surface area (Å²) < 4.78 is 1.20. The molecule has 2 heteroatoms. The van der Waals surface area contributed by atoms with E-state index in [9.17, 15) is 0 Å². The largest absolute Gasteiger partial charge is 0.255 e. The quantitative estimate of drug-likeness (QED) is 0.267. The van der Waals surface area contributed by atoms with E-state index >= 15 is 0 Å². The maximum absolute atomic E-state index is 4.86. The average Bonchev–Trinajstić information content (AvgIpc) is 3.29. The Kier molecular flexibility index (Phi) is 5.06. The number of pyridine rings is 1. The van der Waals surface area contributed by atoms with Crippen molar-refractivity contribution in [2.24, 2.45) is 0 Å². The summed E-state index contributed by atoms with van der Waals surface area (Å²) in [4.78, 5) is 6.15. The van der Waals surface area contributed by atoms with Crippen LogP contribution in [0.5, 0.6) is 0 Å². The van der Waals surface area contributed by atoms with E-state index in [2.05, 4.69) is 121 Å². The van der Waals surface area contributed by atoms with Crippen molar-refractivity contribution in [1.29, 1.82) is 0 Å². The van der Waals surface area contributed by atoms with Gasteiger partial charge in [0.2, 0.25) is 0 Å². The molecule has 0 N–H and O–H groups in total. The first-order valence-electron chi connectivity index (χ1n) is 11.1. The molecule has 0 aliphatic heterocycles. The van der Waals surface area contributed by atoms with Crippen LogP contribution in [0.2, 0.25) is 0 Å². The molecule has 4 aromatic carbocycles. The SMILES string of the molecule is c1ccc(-c2cccc(-c3cc4c(-c5ccccc5)c(-c5ccccc5)sc4cn3)c2)cc1. The fraction of sp³-hybridized carbons (Fsp3) is 0. The van der Waals surface area contributed by atoms with Crippen LogP contribution in [0.4, 0.5) is 0 Å². The second-order valence-corrected chi connectivity index (χ2v) is 9.10. The normalized spacial score (nSPS) is 11.0.